The van der Waals surface area contributed by atoms with Gasteiger partial charge in [-0.1, -0.05) is 13.8 Å². The number of carboxylic acid groups (broad SMARTS) is 1. The molecule has 1 N–H and O–H groups in total. The van der Waals surface area contributed by atoms with Crippen LogP contribution in [0.15, 0.2) is 18.3 Å². The van der Waals surface area contributed by atoms with Gasteiger partial charge in [0.2, 0.25) is 0 Å². The van der Waals surface area contributed by atoms with E-state index in [0.717, 1.165) is 0 Å². The summed E-state index contributed by atoms with van der Waals surface area (Å²) in [5.41, 5.74) is 0.636. The van der Waals surface area contributed by atoms with Gasteiger partial charge >= 0.3 is 5.97 Å². The van der Waals surface area contributed by atoms with Gasteiger partial charge in [0.25, 0.3) is 0 Å². The van der Waals surface area contributed by atoms with Crippen LogP contribution in [0.3, 0.4) is 0 Å². The van der Waals surface area contributed by atoms with E-state index in [1.165, 1.54) is 12.3 Å². The maximum Gasteiger partial charge on any atom is 0.354 e. The van der Waals surface area contributed by atoms with Gasteiger partial charge in [-0.3, -0.25) is 0 Å². The molecule has 0 fully saturated rings. The lowest BCUT2D eigenvalue weighted by molar-refractivity contribution is 0.0690. The molecule has 0 spiro atoms. The van der Waals surface area contributed by atoms with Gasteiger partial charge < -0.3 is 5.11 Å². The highest BCUT2D eigenvalue weighted by Crippen LogP contribution is 2.14. The lowest BCUT2D eigenvalue weighted by Gasteiger charge is -2.06. The van der Waals surface area contributed by atoms with E-state index in [1.54, 1.807) is 10.7 Å². The smallest absolute Gasteiger partial charge is 0.354 e. The van der Waals surface area contributed by atoms with Crippen molar-refractivity contribution in [2.45, 2.75) is 19.8 Å². The summed E-state index contributed by atoms with van der Waals surface area (Å²) >= 11 is 0. The Morgan fingerprint density at radius 1 is 1.41 bits per heavy atom. The fourth-order valence-corrected chi connectivity index (χ4v) is 1.38. The Kier molecular flexibility index (Phi) is 2.82. The van der Waals surface area contributed by atoms with E-state index in [4.69, 9.17) is 5.11 Å². The van der Waals surface area contributed by atoms with E-state index in [2.05, 4.69) is 20.5 Å². The van der Waals surface area contributed by atoms with Crippen molar-refractivity contribution >= 4 is 5.97 Å². The van der Waals surface area contributed by atoms with Crippen LogP contribution in [-0.2, 0) is 0 Å². The van der Waals surface area contributed by atoms with Crippen LogP contribution in [0, 0.1) is 0 Å². The predicted molar refractivity (Wildman–Crippen MR) is 58.0 cm³/mol. The standard InChI is InChI=1S/C10H11N5O2/c1-6(2)9-12-13-14-15(9)7-3-4-8(10(16)17)11-5-7/h3-6H,1-2H3,(H,16,17). The second kappa shape index (κ2) is 4.28. The number of tetrazole rings is 1. The van der Waals surface area contributed by atoms with Gasteiger partial charge in [-0.2, -0.15) is 4.68 Å². The Bertz CT molecular complexity index is 532. The summed E-state index contributed by atoms with van der Waals surface area (Å²) < 4.78 is 1.54. The van der Waals surface area contributed by atoms with Gasteiger partial charge in [0, 0.05) is 5.92 Å². The second-order valence-electron chi connectivity index (χ2n) is 3.81. The zero-order chi connectivity index (χ0) is 12.4. The number of hydrogen-bond donors (Lipinski definition) is 1. The van der Waals surface area contributed by atoms with Gasteiger partial charge in [0.15, 0.2) is 5.82 Å². The Labute approximate surface area is 97.1 Å². The van der Waals surface area contributed by atoms with Gasteiger partial charge in [-0.15, -0.1) is 5.10 Å². The molecular weight excluding hydrogens is 222 g/mol. The van der Waals surface area contributed by atoms with Crippen LogP contribution in [0.4, 0.5) is 0 Å². The molecule has 0 amide bonds. The lowest BCUT2D eigenvalue weighted by atomic mass is 10.2. The lowest BCUT2D eigenvalue weighted by Crippen LogP contribution is -2.07. The first-order valence-corrected chi connectivity index (χ1v) is 5.07. The third-order valence-corrected chi connectivity index (χ3v) is 2.22. The maximum absolute atomic E-state index is 10.7. The van der Waals surface area contributed by atoms with Crippen molar-refractivity contribution in [1.29, 1.82) is 0 Å². The van der Waals surface area contributed by atoms with Crippen molar-refractivity contribution in [3.05, 3.63) is 29.8 Å². The third kappa shape index (κ3) is 2.12. The first kappa shape index (κ1) is 11.2. The molecule has 0 aromatic carbocycles. The molecule has 88 valence electrons. The monoisotopic (exact) mass is 233 g/mol. The van der Waals surface area contributed by atoms with Crippen LogP contribution in [0.25, 0.3) is 5.69 Å². The van der Waals surface area contributed by atoms with Gasteiger partial charge in [0.05, 0.1) is 11.9 Å². The van der Waals surface area contributed by atoms with Crippen molar-refractivity contribution in [2.75, 3.05) is 0 Å². The fourth-order valence-electron chi connectivity index (χ4n) is 1.38. The molecule has 0 saturated carbocycles. The molecule has 2 aromatic heterocycles. The first-order valence-electron chi connectivity index (χ1n) is 5.07. The summed E-state index contributed by atoms with van der Waals surface area (Å²) in [6.45, 7) is 3.95. The molecule has 0 bridgehead atoms. The fraction of sp³-hybridized carbons (Fsp3) is 0.300. The van der Waals surface area contributed by atoms with E-state index in [9.17, 15) is 4.79 Å². The molecule has 0 atom stereocenters. The van der Waals surface area contributed by atoms with Crippen molar-refractivity contribution < 1.29 is 9.90 Å². The summed E-state index contributed by atoms with van der Waals surface area (Å²) in [5, 5.41) is 20.1. The van der Waals surface area contributed by atoms with Gasteiger partial charge in [0.1, 0.15) is 5.69 Å². The van der Waals surface area contributed by atoms with E-state index < -0.39 is 5.97 Å². The molecule has 0 aliphatic carbocycles. The minimum absolute atomic E-state index is 0.00655. The van der Waals surface area contributed by atoms with E-state index in [-0.39, 0.29) is 11.6 Å². The summed E-state index contributed by atoms with van der Waals surface area (Å²) in [7, 11) is 0. The number of pyridine rings is 1. The number of aromatic carboxylic acids is 1. The largest absolute Gasteiger partial charge is 0.477 e. The van der Waals surface area contributed by atoms with Crippen LogP contribution in [0.2, 0.25) is 0 Å². The van der Waals surface area contributed by atoms with Crippen molar-refractivity contribution in [2.24, 2.45) is 0 Å². The predicted octanol–water partition coefficient (Wildman–Crippen LogP) is 0.879. The molecule has 7 heteroatoms. The van der Waals surface area contributed by atoms with Crippen LogP contribution in [-0.4, -0.2) is 36.3 Å². The second-order valence-corrected chi connectivity index (χ2v) is 3.81. The van der Waals surface area contributed by atoms with E-state index in [1.807, 2.05) is 13.8 Å². The number of hydrogen-bond acceptors (Lipinski definition) is 5. The zero-order valence-corrected chi connectivity index (χ0v) is 9.40. The van der Waals surface area contributed by atoms with Crippen LogP contribution < -0.4 is 0 Å². The minimum atomic E-state index is -1.06. The highest BCUT2D eigenvalue weighted by Gasteiger charge is 2.12. The van der Waals surface area contributed by atoms with Gasteiger partial charge in [-0.25, -0.2) is 9.78 Å². The molecule has 17 heavy (non-hydrogen) atoms. The first-order chi connectivity index (χ1) is 8.09. The summed E-state index contributed by atoms with van der Waals surface area (Å²) in [4.78, 5) is 14.5. The molecule has 2 heterocycles. The Morgan fingerprint density at radius 3 is 2.71 bits per heavy atom. The summed E-state index contributed by atoms with van der Waals surface area (Å²) in [6, 6.07) is 3.04. The normalized spacial score (nSPS) is 10.8. The van der Waals surface area contributed by atoms with Crippen molar-refractivity contribution in [3.8, 4) is 5.69 Å². The molecule has 0 radical (unpaired) electrons. The quantitative estimate of drug-likeness (QED) is 0.845. The average molecular weight is 233 g/mol. The number of carbonyl (C=O) groups is 1. The molecule has 2 aromatic rings. The zero-order valence-electron chi connectivity index (χ0n) is 9.40. The van der Waals surface area contributed by atoms with Crippen molar-refractivity contribution in [1.82, 2.24) is 25.2 Å². The Hall–Kier alpha value is -2.31. The number of nitrogens with zero attached hydrogens (tertiary/aromatic N) is 5. The molecule has 7 nitrogen and oxygen atoms in total. The molecule has 2 rings (SSSR count). The molecular formula is C10H11N5O2. The Balaban J connectivity index is 2.40. The topological polar surface area (TPSA) is 93.8 Å². The van der Waals surface area contributed by atoms with E-state index >= 15 is 0 Å². The third-order valence-electron chi connectivity index (χ3n) is 2.22. The average Bonchev–Trinajstić information content (AvgIpc) is 2.78. The highest BCUT2D eigenvalue weighted by atomic mass is 16.4. The molecule has 0 saturated heterocycles. The van der Waals surface area contributed by atoms with Crippen LogP contribution >= 0.6 is 0 Å². The maximum atomic E-state index is 10.7. The molecule has 0 aliphatic rings. The number of rotatable bonds is 3. The Morgan fingerprint density at radius 2 is 2.18 bits per heavy atom. The van der Waals surface area contributed by atoms with Crippen LogP contribution in [0.1, 0.15) is 36.1 Å². The highest BCUT2D eigenvalue weighted by molar-refractivity contribution is 5.85. The van der Waals surface area contributed by atoms with Gasteiger partial charge in [-0.05, 0) is 22.6 Å². The summed E-state index contributed by atoms with van der Waals surface area (Å²) in [5.74, 6) is -0.184. The van der Waals surface area contributed by atoms with E-state index in [0.29, 0.717) is 11.5 Å². The van der Waals surface area contributed by atoms with Crippen LogP contribution in [0.5, 0.6) is 0 Å². The SMILES string of the molecule is CC(C)c1nnnn1-c1ccc(C(=O)O)nc1. The number of carboxylic acids is 1. The molecule has 0 unspecified atom stereocenters. The molecule has 0 aliphatic heterocycles. The van der Waals surface area contributed by atoms with Crippen molar-refractivity contribution in [3.63, 3.8) is 0 Å². The summed E-state index contributed by atoms with van der Waals surface area (Å²) in [6.07, 6.45) is 1.44. The minimum Gasteiger partial charge on any atom is -0.477 e. The number of aromatic nitrogens is 5.